The Bertz CT molecular complexity index is 469. The predicted molar refractivity (Wildman–Crippen MR) is 73.3 cm³/mol. The molecule has 3 rings (SSSR count). The lowest BCUT2D eigenvalue weighted by atomic mass is 9.86. The first-order valence-corrected chi connectivity index (χ1v) is 7.07. The molecule has 2 atom stereocenters. The van der Waals surface area contributed by atoms with Gasteiger partial charge in [-0.3, -0.25) is 4.90 Å². The molecule has 2 aliphatic rings. The number of benzene rings is 1. The van der Waals surface area contributed by atoms with Gasteiger partial charge in [-0.05, 0) is 43.4 Å². The second kappa shape index (κ2) is 5.21. The van der Waals surface area contributed by atoms with Gasteiger partial charge in [-0.1, -0.05) is 24.3 Å². The molecule has 1 heterocycles. The van der Waals surface area contributed by atoms with Crippen LogP contribution in [0.2, 0.25) is 0 Å². The van der Waals surface area contributed by atoms with E-state index < -0.39 is 6.09 Å². The van der Waals surface area contributed by atoms with Crippen molar-refractivity contribution in [2.45, 2.75) is 37.8 Å². The summed E-state index contributed by atoms with van der Waals surface area (Å²) in [4.78, 5) is 13.4. The quantitative estimate of drug-likeness (QED) is 0.858. The maximum atomic E-state index is 11.7. The zero-order valence-corrected chi connectivity index (χ0v) is 11.0. The number of aryl methyl sites for hydroxylation is 1. The molecule has 0 spiro atoms. The van der Waals surface area contributed by atoms with Crippen LogP contribution in [0.15, 0.2) is 24.3 Å². The minimum absolute atomic E-state index is 0.0346. The van der Waals surface area contributed by atoms with Gasteiger partial charge in [-0.15, -0.1) is 0 Å². The molecule has 1 aromatic rings. The van der Waals surface area contributed by atoms with Crippen LogP contribution < -0.4 is 5.32 Å². The fourth-order valence-corrected chi connectivity index (χ4v) is 3.44. The molecule has 102 valence electrons. The van der Waals surface area contributed by atoms with Crippen LogP contribution in [0.4, 0.5) is 4.79 Å². The summed E-state index contributed by atoms with van der Waals surface area (Å²) in [6, 6.07) is 8.44. The molecule has 1 amide bonds. The van der Waals surface area contributed by atoms with E-state index in [0.29, 0.717) is 0 Å². The van der Waals surface area contributed by atoms with Crippen molar-refractivity contribution in [3.8, 4) is 0 Å². The third kappa shape index (κ3) is 2.32. The normalized spacial score (nSPS) is 25.9. The van der Waals surface area contributed by atoms with Crippen molar-refractivity contribution in [1.82, 2.24) is 10.2 Å². The Morgan fingerprint density at radius 1 is 1.32 bits per heavy atom. The third-order valence-corrected chi connectivity index (χ3v) is 4.32. The molecule has 1 aromatic carbocycles. The number of nitrogens with one attached hydrogen (secondary N) is 1. The highest BCUT2D eigenvalue weighted by Crippen LogP contribution is 2.36. The topological polar surface area (TPSA) is 52.6 Å². The van der Waals surface area contributed by atoms with Gasteiger partial charge in [0.1, 0.15) is 0 Å². The first kappa shape index (κ1) is 12.5. The summed E-state index contributed by atoms with van der Waals surface area (Å²) in [6.07, 6.45) is 3.23. The Kier molecular flexibility index (Phi) is 3.42. The maximum absolute atomic E-state index is 11.7. The summed E-state index contributed by atoms with van der Waals surface area (Å²) in [6.45, 7) is 1.70. The minimum Gasteiger partial charge on any atom is -0.465 e. The zero-order chi connectivity index (χ0) is 13.2. The van der Waals surface area contributed by atoms with E-state index in [1.807, 2.05) is 12.1 Å². The Morgan fingerprint density at radius 3 is 2.89 bits per heavy atom. The van der Waals surface area contributed by atoms with Gasteiger partial charge < -0.3 is 10.4 Å². The van der Waals surface area contributed by atoms with Gasteiger partial charge in [-0.2, -0.15) is 0 Å². The molecule has 0 bridgehead atoms. The fraction of sp³-hybridized carbons (Fsp3) is 0.533. The number of hydrogen-bond acceptors (Lipinski definition) is 2. The maximum Gasteiger partial charge on any atom is 0.408 e. The van der Waals surface area contributed by atoms with Crippen LogP contribution >= 0.6 is 0 Å². The number of carboxylic acid groups (broad SMARTS) is 1. The van der Waals surface area contributed by atoms with Crippen molar-refractivity contribution < 1.29 is 9.90 Å². The highest BCUT2D eigenvalue weighted by molar-refractivity contribution is 5.66. The Balaban J connectivity index is 1.93. The number of amides is 1. The van der Waals surface area contributed by atoms with Gasteiger partial charge in [0.15, 0.2) is 0 Å². The Hall–Kier alpha value is -1.55. The molecular formula is C15H20N2O2. The molecule has 0 radical (unpaired) electrons. The molecule has 2 unspecified atom stereocenters. The average molecular weight is 260 g/mol. The second-order valence-electron chi connectivity index (χ2n) is 5.44. The molecule has 0 saturated carbocycles. The molecule has 4 nitrogen and oxygen atoms in total. The Morgan fingerprint density at radius 2 is 2.16 bits per heavy atom. The van der Waals surface area contributed by atoms with Crippen LogP contribution in [0.25, 0.3) is 0 Å². The molecule has 0 aromatic heterocycles. The summed E-state index contributed by atoms with van der Waals surface area (Å²) in [5.74, 6) is 0. The van der Waals surface area contributed by atoms with E-state index in [1.54, 1.807) is 4.90 Å². The standard InChI is InChI=1S/C15H20N2O2/c18-15(19)17(12-8-9-16-10-12)14-7-3-5-11-4-1-2-6-13(11)14/h1-2,4,6,12,14,16H,3,5,7-10H2,(H,18,19). The zero-order valence-electron chi connectivity index (χ0n) is 11.0. The average Bonchev–Trinajstić information content (AvgIpc) is 2.93. The second-order valence-corrected chi connectivity index (χ2v) is 5.44. The SMILES string of the molecule is O=C(O)N(C1CCNC1)C1CCCc2ccccc21. The van der Waals surface area contributed by atoms with E-state index in [4.69, 9.17) is 0 Å². The molecule has 4 heteroatoms. The molecule has 1 aliphatic heterocycles. The van der Waals surface area contributed by atoms with E-state index in [2.05, 4.69) is 17.4 Å². The number of nitrogens with zero attached hydrogens (tertiary/aromatic N) is 1. The van der Waals surface area contributed by atoms with Crippen molar-refractivity contribution >= 4 is 6.09 Å². The summed E-state index contributed by atoms with van der Waals surface area (Å²) in [5, 5.41) is 12.9. The van der Waals surface area contributed by atoms with Crippen molar-refractivity contribution in [3.63, 3.8) is 0 Å². The summed E-state index contributed by atoms with van der Waals surface area (Å²) in [5.41, 5.74) is 2.53. The summed E-state index contributed by atoms with van der Waals surface area (Å²) < 4.78 is 0. The molecule has 2 N–H and O–H groups in total. The van der Waals surface area contributed by atoms with Gasteiger partial charge >= 0.3 is 6.09 Å². The van der Waals surface area contributed by atoms with Crippen molar-refractivity contribution in [2.75, 3.05) is 13.1 Å². The number of rotatable bonds is 2. The van der Waals surface area contributed by atoms with E-state index in [-0.39, 0.29) is 12.1 Å². The van der Waals surface area contributed by atoms with Crippen LogP contribution in [0.3, 0.4) is 0 Å². The number of carbonyl (C=O) groups is 1. The van der Waals surface area contributed by atoms with E-state index in [0.717, 1.165) is 38.8 Å². The minimum atomic E-state index is -0.782. The number of fused-ring (bicyclic) bond motifs is 1. The van der Waals surface area contributed by atoms with E-state index in [1.165, 1.54) is 11.1 Å². The summed E-state index contributed by atoms with van der Waals surface area (Å²) >= 11 is 0. The largest absolute Gasteiger partial charge is 0.465 e. The van der Waals surface area contributed by atoms with Crippen LogP contribution in [-0.4, -0.2) is 35.2 Å². The van der Waals surface area contributed by atoms with Gasteiger partial charge in [0.2, 0.25) is 0 Å². The van der Waals surface area contributed by atoms with Crippen molar-refractivity contribution in [3.05, 3.63) is 35.4 Å². The highest BCUT2D eigenvalue weighted by Gasteiger charge is 2.35. The highest BCUT2D eigenvalue weighted by atomic mass is 16.4. The first-order valence-electron chi connectivity index (χ1n) is 7.07. The first-order chi connectivity index (χ1) is 9.27. The molecule has 1 saturated heterocycles. The molecule has 1 aliphatic carbocycles. The fourth-order valence-electron chi connectivity index (χ4n) is 3.44. The summed E-state index contributed by atoms with van der Waals surface area (Å²) in [7, 11) is 0. The number of hydrogen-bond donors (Lipinski definition) is 2. The van der Waals surface area contributed by atoms with E-state index >= 15 is 0 Å². The van der Waals surface area contributed by atoms with Crippen LogP contribution in [0.5, 0.6) is 0 Å². The lowest BCUT2D eigenvalue weighted by molar-refractivity contribution is 0.0960. The third-order valence-electron chi connectivity index (χ3n) is 4.32. The van der Waals surface area contributed by atoms with E-state index in [9.17, 15) is 9.90 Å². The van der Waals surface area contributed by atoms with Crippen molar-refractivity contribution in [1.29, 1.82) is 0 Å². The van der Waals surface area contributed by atoms with Crippen LogP contribution in [0.1, 0.15) is 36.4 Å². The molecule has 1 fully saturated rings. The molecule has 19 heavy (non-hydrogen) atoms. The smallest absolute Gasteiger partial charge is 0.408 e. The monoisotopic (exact) mass is 260 g/mol. The predicted octanol–water partition coefficient (Wildman–Crippen LogP) is 2.41. The molecular weight excluding hydrogens is 240 g/mol. The van der Waals surface area contributed by atoms with Gasteiger partial charge in [0, 0.05) is 12.6 Å². The Labute approximate surface area is 113 Å². The lowest BCUT2D eigenvalue weighted by Gasteiger charge is -2.37. The lowest BCUT2D eigenvalue weighted by Crippen LogP contribution is -2.44. The van der Waals surface area contributed by atoms with Gasteiger partial charge in [-0.25, -0.2) is 4.79 Å². The van der Waals surface area contributed by atoms with Gasteiger partial charge in [0.05, 0.1) is 6.04 Å². The van der Waals surface area contributed by atoms with Gasteiger partial charge in [0.25, 0.3) is 0 Å². The van der Waals surface area contributed by atoms with Crippen LogP contribution in [-0.2, 0) is 6.42 Å². The van der Waals surface area contributed by atoms with Crippen molar-refractivity contribution in [2.24, 2.45) is 0 Å². The van der Waals surface area contributed by atoms with Crippen LogP contribution in [0, 0.1) is 0 Å².